The first-order valence-corrected chi connectivity index (χ1v) is 6.70. The molecule has 1 aromatic rings. The lowest BCUT2D eigenvalue weighted by molar-refractivity contribution is 0.0819. The van der Waals surface area contributed by atoms with Gasteiger partial charge in [0.1, 0.15) is 6.23 Å². The molecule has 5 nitrogen and oxygen atoms in total. The molecule has 0 aromatic heterocycles. The van der Waals surface area contributed by atoms with Crippen molar-refractivity contribution in [2.45, 2.75) is 18.7 Å². The molecule has 2 aliphatic rings. The van der Waals surface area contributed by atoms with Gasteiger partial charge >= 0.3 is 0 Å². The van der Waals surface area contributed by atoms with Crippen LogP contribution < -0.4 is 15.5 Å². The second-order valence-electron chi connectivity index (χ2n) is 4.97. The fraction of sp³-hybridized carbons (Fsp3) is 0.500. The zero-order valence-electron chi connectivity index (χ0n) is 11.1. The third-order valence-corrected chi connectivity index (χ3v) is 3.87. The zero-order valence-corrected chi connectivity index (χ0v) is 11.1. The van der Waals surface area contributed by atoms with E-state index >= 15 is 0 Å². The van der Waals surface area contributed by atoms with Crippen LogP contribution in [0.15, 0.2) is 24.3 Å². The Morgan fingerprint density at radius 3 is 2.89 bits per heavy atom. The number of hydrogen-bond donors (Lipinski definition) is 2. The van der Waals surface area contributed by atoms with E-state index in [-0.39, 0.29) is 12.1 Å². The summed E-state index contributed by atoms with van der Waals surface area (Å²) in [6.07, 6.45) is 0.958. The number of amides is 1. The number of fused-ring (bicyclic) bond motifs is 1. The van der Waals surface area contributed by atoms with Crippen molar-refractivity contribution >= 4 is 11.6 Å². The highest BCUT2D eigenvalue weighted by Gasteiger charge is 2.33. The SMILES string of the molecule is COC1CNC(=O)c2ccccc2N1C1CCNC1. The minimum Gasteiger partial charge on any atom is -0.360 e. The van der Waals surface area contributed by atoms with E-state index in [1.165, 1.54) is 0 Å². The molecule has 0 spiro atoms. The van der Waals surface area contributed by atoms with Crippen LogP contribution in [0.2, 0.25) is 0 Å². The van der Waals surface area contributed by atoms with Crippen LogP contribution in [0.1, 0.15) is 16.8 Å². The van der Waals surface area contributed by atoms with E-state index in [9.17, 15) is 4.79 Å². The maximum absolute atomic E-state index is 12.1. The summed E-state index contributed by atoms with van der Waals surface area (Å²) in [5.74, 6) is -0.0221. The van der Waals surface area contributed by atoms with E-state index in [1.807, 2.05) is 24.3 Å². The topological polar surface area (TPSA) is 53.6 Å². The molecule has 2 N–H and O–H groups in total. The van der Waals surface area contributed by atoms with E-state index in [0.29, 0.717) is 12.6 Å². The first kappa shape index (κ1) is 12.4. The van der Waals surface area contributed by atoms with Crippen molar-refractivity contribution in [3.8, 4) is 0 Å². The molecule has 1 saturated heterocycles. The normalized spacial score (nSPS) is 26.8. The second kappa shape index (κ2) is 5.19. The first-order chi connectivity index (χ1) is 9.31. The molecule has 2 unspecified atom stereocenters. The van der Waals surface area contributed by atoms with Gasteiger partial charge in [-0.2, -0.15) is 0 Å². The van der Waals surface area contributed by atoms with Gasteiger partial charge in [0.15, 0.2) is 0 Å². The van der Waals surface area contributed by atoms with Gasteiger partial charge in [-0.05, 0) is 25.1 Å². The van der Waals surface area contributed by atoms with Gasteiger partial charge < -0.3 is 20.3 Å². The van der Waals surface area contributed by atoms with Gasteiger partial charge in [0, 0.05) is 19.7 Å². The van der Waals surface area contributed by atoms with Gasteiger partial charge in [-0.1, -0.05) is 12.1 Å². The molecule has 102 valence electrons. The van der Waals surface area contributed by atoms with Gasteiger partial charge in [-0.25, -0.2) is 0 Å². The zero-order chi connectivity index (χ0) is 13.2. The second-order valence-corrected chi connectivity index (χ2v) is 4.97. The Hall–Kier alpha value is -1.59. The average Bonchev–Trinajstić information content (AvgIpc) is 2.92. The van der Waals surface area contributed by atoms with Crippen molar-refractivity contribution in [1.29, 1.82) is 0 Å². The highest BCUT2D eigenvalue weighted by molar-refractivity contribution is 6.00. The Labute approximate surface area is 112 Å². The Balaban J connectivity index is 2.04. The molecule has 5 heteroatoms. The Kier molecular flexibility index (Phi) is 3.40. The maximum Gasteiger partial charge on any atom is 0.253 e. The standard InChI is InChI=1S/C14H19N3O2/c1-19-13-9-16-14(18)11-4-2-3-5-12(11)17(13)10-6-7-15-8-10/h2-5,10,13,15H,6-9H2,1H3,(H,16,18). The third-order valence-electron chi connectivity index (χ3n) is 3.87. The number of carbonyl (C=O) groups excluding carboxylic acids is 1. The van der Waals surface area contributed by atoms with Gasteiger partial charge in [-0.15, -0.1) is 0 Å². The molecule has 2 atom stereocenters. The lowest BCUT2D eigenvalue weighted by atomic mass is 10.1. The summed E-state index contributed by atoms with van der Waals surface area (Å²) in [5.41, 5.74) is 1.70. The van der Waals surface area contributed by atoms with Crippen molar-refractivity contribution < 1.29 is 9.53 Å². The number of carbonyl (C=O) groups is 1. The Morgan fingerprint density at radius 1 is 1.32 bits per heavy atom. The first-order valence-electron chi connectivity index (χ1n) is 6.70. The van der Waals surface area contributed by atoms with Crippen LogP contribution in [0, 0.1) is 0 Å². The number of ether oxygens (including phenoxy) is 1. The number of benzene rings is 1. The summed E-state index contributed by atoms with van der Waals surface area (Å²) < 4.78 is 5.58. The van der Waals surface area contributed by atoms with Crippen LogP contribution >= 0.6 is 0 Å². The largest absolute Gasteiger partial charge is 0.360 e. The molecule has 19 heavy (non-hydrogen) atoms. The average molecular weight is 261 g/mol. The summed E-state index contributed by atoms with van der Waals surface area (Å²) in [6.45, 7) is 2.46. The van der Waals surface area contributed by atoms with Crippen LogP contribution in [-0.2, 0) is 4.74 Å². The van der Waals surface area contributed by atoms with Crippen molar-refractivity contribution in [2.24, 2.45) is 0 Å². The summed E-state index contributed by atoms with van der Waals surface area (Å²) >= 11 is 0. The molecule has 0 saturated carbocycles. The van der Waals surface area contributed by atoms with Crippen LogP contribution in [0.5, 0.6) is 0 Å². The molecule has 2 heterocycles. The highest BCUT2D eigenvalue weighted by atomic mass is 16.5. The van der Waals surface area contributed by atoms with E-state index in [2.05, 4.69) is 15.5 Å². The van der Waals surface area contributed by atoms with E-state index in [4.69, 9.17) is 4.74 Å². The molecule has 3 rings (SSSR count). The number of methoxy groups -OCH3 is 1. The molecular weight excluding hydrogens is 242 g/mol. The fourth-order valence-electron chi connectivity index (χ4n) is 2.93. The van der Waals surface area contributed by atoms with Crippen LogP contribution in [0.25, 0.3) is 0 Å². The Bertz CT molecular complexity index is 472. The van der Waals surface area contributed by atoms with Crippen molar-refractivity contribution in [2.75, 3.05) is 31.6 Å². The predicted molar refractivity (Wildman–Crippen MR) is 73.3 cm³/mol. The van der Waals surface area contributed by atoms with Crippen molar-refractivity contribution in [1.82, 2.24) is 10.6 Å². The van der Waals surface area contributed by atoms with Gasteiger partial charge in [0.2, 0.25) is 0 Å². The van der Waals surface area contributed by atoms with Crippen molar-refractivity contribution in [3.05, 3.63) is 29.8 Å². The minimum atomic E-state index is -0.113. The third kappa shape index (κ3) is 2.19. The fourth-order valence-corrected chi connectivity index (χ4v) is 2.93. The summed E-state index contributed by atoms with van der Waals surface area (Å²) in [4.78, 5) is 14.4. The highest BCUT2D eigenvalue weighted by Crippen LogP contribution is 2.29. The van der Waals surface area contributed by atoms with Crippen molar-refractivity contribution in [3.63, 3.8) is 0 Å². The number of nitrogens with zero attached hydrogens (tertiary/aromatic N) is 1. The van der Waals surface area contributed by atoms with Crippen LogP contribution in [0.4, 0.5) is 5.69 Å². The van der Waals surface area contributed by atoms with Gasteiger partial charge in [0.25, 0.3) is 5.91 Å². The van der Waals surface area contributed by atoms with Crippen LogP contribution in [0.3, 0.4) is 0 Å². The molecule has 1 fully saturated rings. The number of rotatable bonds is 2. The number of nitrogens with one attached hydrogen (secondary N) is 2. The quantitative estimate of drug-likeness (QED) is 0.817. The lowest BCUT2D eigenvalue weighted by Crippen LogP contribution is -2.48. The monoisotopic (exact) mass is 261 g/mol. The van der Waals surface area contributed by atoms with E-state index in [1.54, 1.807) is 7.11 Å². The molecule has 0 bridgehead atoms. The van der Waals surface area contributed by atoms with E-state index in [0.717, 1.165) is 30.8 Å². The van der Waals surface area contributed by atoms with Gasteiger partial charge in [0.05, 0.1) is 17.8 Å². The molecule has 2 aliphatic heterocycles. The molecule has 0 aliphatic carbocycles. The maximum atomic E-state index is 12.1. The predicted octanol–water partition coefficient (Wildman–Crippen LogP) is 0.571. The number of para-hydroxylation sites is 1. The minimum absolute atomic E-state index is 0.0221. The smallest absolute Gasteiger partial charge is 0.253 e. The molecular formula is C14H19N3O2. The molecule has 0 radical (unpaired) electrons. The van der Waals surface area contributed by atoms with Gasteiger partial charge in [-0.3, -0.25) is 4.79 Å². The lowest BCUT2D eigenvalue weighted by Gasteiger charge is -2.36. The summed E-state index contributed by atoms with van der Waals surface area (Å²) in [7, 11) is 1.69. The number of anilines is 1. The molecule has 1 aromatic carbocycles. The van der Waals surface area contributed by atoms with Crippen LogP contribution in [-0.4, -0.2) is 44.9 Å². The summed E-state index contributed by atoms with van der Waals surface area (Å²) in [6, 6.07) is 8.12. The summed E-state index contributed by atoms with van der Waals surface area (Å²) in [5, 5.41) is 6.30. The molecule has 1 amide bonds. The number of hydrogen-bond acceptors (Lipinski definition) is 4. The Morgan fingerprint density at radius 2 is 2.16 bits per heavy atom. The van der Waals surface area contributed by atoms with E-state index < -0.39 is 0 Å².